The summed E-state index contributed by atoms with van der Waals surface area (Å²) in [6.45, 7) is 0. The van der Waals surface area contributed by atoms with E-state index in [0.717, 1.165) is 0 Å². The van der Waals surface area contributed by atoms with Crippen molar-refractivity contribution in [1.82, 2.24) is 0 Å². The minimum atomic E-state index is -1.15. The van der Waals surface area contributed by atoms with Crippen LogP contribution in [0.25, 0.3) is 0 Å². The molecule has 2 nitrogen and oxygen atoms in total. The number of hydrogen-bond donors (Lipinski definition) is 1. The van der Waals surface area contributed by atoms with Crippen LogP contribution in [0.4, 0.5) is 8.78 Å². The summed E-state index contributed by atoms with van der Waals surface area (Å²) in [4.78, 5) is 11.1. The number of benzene rings is 1. The van der Waals surface area contributed by atoms with Crippen LogP contribution in [0, 0.1) is 5.82 Å². The number of carboxylic acids is 1. The Hall–Kier alpha value is -1.45. The monoisotopic (exact) mass is 212 g/mol. The second-order valence-corrected chi connectivity index (χ2v) is 3.90. The van der Waals surface area contributed by atoms with Crippen molar-refractivity contribution in [1.29, 1.82) is 0 Å². The fourth-order valence-corrected chi connectivity index (χ4v) is 2.00. The highest BCUT2D eigenvalue weighted by Gasteiger charge is 2.52. The van der Waals surface area contributed by atoms with Gasteiger partial charge in [-0.2, -0.15) is 0 Å². The Morgan fingerprint density at radius 3 is 2.27 bits per heavy atom. The predicted molar refractivity (Wildman–Crippen MR) is 49.8 cm³/mol. The van der Waals surface area contributed by atoms with Gasteiger partial charge in [-0.25, -0.2) is 8.78 Å². The maximum Gasteiger partial charge on any atom is 0.314 e. The van der Waals surface area contributed by atoms with Crippen molar-refractivity contribution in [3.63, 3.8) is 0 Å². The molecule has 1 N–H and O–H groups in total. The van der Waals surface area contributed by atoms with Gasteiger partial charge in [-0.15, -0.1) is 0 Å². The first-order valence-corrected chi connectivity index (χ1v) is 4.68. The van der Waals surface area contributed by atoms with Gasteiger partial charge < -0.3 is 5.11 Å². The van der Waals surface area contributed by atoms with Crippen LogP contribution in [0.1, 0.15) is 18.4 Å². The maximum atomic E-state index is 12.8. The zero-order chi connectivity index (χ0) is 11.1. The molecule has 0 heterocycles. The molecule has 0 unspecified atom stereocenters. The van der Waals surface area contributed by atoms with E-state index in [2.05, 4.69) is 0 Å². The Labute approximate surface area is 85.5 Å². The number of alkyl halides is 1. The molecule has 0 aromatic heterocycles. The van der Waals surface area contributed by atoms with Crippen LogP contribution in [-0.2, 0) is 10.2 Å². The summed E-state index contributed by atoms with van der Waals surface area (Å²) in [7, 11) is 0. The minimum absolute atomic E-state index is 0.0199. The SMILES string of the molecule is O=C(O)C1(c2ccc(F)cc2)CC(F)C1. The Bertz CT molecular complexity index is 380. The zero-order valence-corrected chi connectivity index (χ0v) is 7.91. The maximum absolute atomic E-state index is 12.8. The van der Waals surface area contributed by atoms with Gasteiger partial charge in [0.15, 0.2) is 0 Å². The van der Waals surface area contributed by atoms with Crippen LogP contribution in [0.5, 0.6) is 0 Å². The Morgan fingerprint density at radius 2 is 1.87 bits per heavy atom. The Morgan fingerprint density at radius 1 is 1.33 bits per heavy atom. The van der Waals surface area contributed by atoms with Gasteiger partial charge in [0.1, 0.15) is 12.0 Å². The Balaban J connectivity index is 2.34. The van der Waals surface area contributed by atoms with Crippen LogP contribution in [0.3, 0.4) is 0 Å². The summed E-state index contributed by atoms with van der Waals surface area (Å²) >= 11 is 0. The van der Waals surface area contributed by atoms with Gasteiger partial charge in [-0.05, 0) is 30.5 Å². The van der Waals surface area contributed by atoms with Crippen molar-refractivity contribution in [3.05, 3.63) is 35.6 Å². The van der Waals surface area contributed by atoms with Gasteiger partial charge in [0, 0.05) is 0 Å². The largest absolute Gasteiger partial charge is 0.481 e. The molecule has 0 amide bonds. The molecule has 0 atom stereocenters. The first-order valence-electron chi connectivity index (χ1n) is 4.68. The molecule has 0 radical (unpaired) electrons. The van der Waals surface area contributed by atoms with E-state index >= 15 is 0 Å². The van der Waals surface area contributed by atoms with Crippen LogP contribution in [0.15, 0.2) is 24.3 Å². The summed E-state index contributed by atoms with van der Waals surface area (Å²) in [6, 6.07) is 5.22. The quantitative estimate of drug-likeness (QED) is 0.816. The summed E-state index contributed by atoms with van der Waals surface area (Å²) in [6.07, 6.45) is -1.10. The molecule has 0 saturated heterocycles. The van der Waals surface area contributed by atoms with Gasteiger partial charge >= 0.3 is 5.97 Å². The van der Waals surface area contributed by atoms with Crippen LogP contribution >= 0.6 is 0 Å². The molecule has 1 aromatic rings. The van der Waals surface area contributed by atoms with E-state index in [1.165, 1.54) is 24.3 Å². The molecule has 80 valence electrons. The second-order valence-electron chi connectivity index (χ2n) is 3.90. The topological polar surface area (TPSA) is 37.3 Å². The first kappa shape index (κ1) is 10.1. The fraction of sp³-hybridized carbons (Fsp3) is 0.364. The third kappa shape index (κ3) is 1.50. The highest BCUT2D eigenvalue weighted by Crippen LogP contribution is 2.45. The molecule has 2 rings (SSSR count). The molecule has 1 aliphatic rings. The average Bonchev–Trinajstić information content (AvgIpc) is 2.13. The van der Waals surface area contributed by atoms with Crippen LogP contribution in [-0.4, -0.2) is 17.2 Å². The zero-order valence-electron chi connectivity index (χ0n) is 7.91. The van der Waals surface area contributed by atoms with Crippen molar-refractivity contribution in [2.24, 2.45) is 0 Å². The highest BCUT2D eigenvalue weighted by molar-refractivity contribution is 5.83. The normalized spacial score (nSPS) is 29.6. The second kappa shape index (κ2) is 3.29. The summed E-state index contributed by atoms with van der Waals surface area (Å²) in [5.41, 5.74) is -0.669. The minimum Gasteiger partial charge on any atom is -0.481 e. The lowest BCUT2D eigenvalue weighted by Gasteiger charge is -2.40. The van der Waals surface area contributed by atoms with Gasteiger partial charge in [0.05, 0.1) is 5.41 Å². The molecule has 0 bridgehead atoms. The van der Waals surface area contributed by atoms with E-state index in [9.17, 15) is 13.6 Å². The third-order valence-electron chi connectivity index (χ3n) is 2.95. The lowest BCUT2D eigenvalue weighted by Crippen LogP contribution is -2.49. The van der Waals surface area contributed by atoms with E-state index in [1.54, 1.807) is 0 Å². The Kier molecular flexibility index (Phi) is 2.21. The summed E-state index contributed by atoms with van der Waals surface area (Å²) < 4.78 is 25.5. The number of halogens is 2. The fourth-order valence-electron chi connectivity index (χ4n) is 2.00. The molecule has 1 saturated carbocycles. The number of carbonyl (C=O) groups is 1. The van der Waals surface area contributed by atoms with E-state index < -0.39 is 23.4 Å². The first-order chi connectivity index (χ1) is 7.04. The lowest BCUT2D eigenvalue weighted by molar-refractivity contribution is -0.150. The molecule has 1 fully saturated rings. The van der Waals surface area contributed by atoms with Crippen molar-refractivity contribution in [3.8, 4) is 0 Å². The van der Waals surface area contributed by atoms with Gasteiger partial charge in [-0.3, -0.25) is 4.79 Å². The smallest absolute Gasteiger partial charge is 0.314 e. The van der Waals surface area contributed by atoms with Crippen molar-refractivity contribution in [2.75, 3.05) is 0 Å². The van der Waals surface area contributed by atoms with Crippen molar-refractivity contribution in [2.45, 2.75) is 24.4 Å². The highest BCUT2D eigenvalue weighted by atomic mass is 19.1. The molecule has 0 spiro atoms. The van der Waals surface area contributed by atoms with E-state index in [-0.39, 0.29) is 12.8 Å². The predicted octanol–water partition coefficient (Wildman–Crippen LogP) is 2.28. The molecule has 0 aliphatic heterocycles. The molecule has 1 aromatic carbocycles. The van der Waals surface area contributed by atoms with Crippen LogP contribution < -0.4 is 0 Å². The molecular formula is C11H10F2O2. The number of carboxylic acid groups (broad SMARTS) is 1. The van der Waals surface area contributed by atoms with Gasteiger partial charge in [-0.1, -0.05) is 12.1 Å². The van der Waals surface area contributed by atoms with Crippen LogP contribution in [0.2, 0.25) is 0 Å². The number of hydrogen-bond acceptors (Lipinski definition) is 1. The summed E-state index contributed by atoms with van der Waals surface area (Å²) in [5.74, 6) is -1.46. The molecule has 4 heteroatoms. The molecule has 15 heavy (non-hydrogen) atoms. The van der Waals surface area contributed by atoms with E-state index in [4.69, 9.17) is 5.11 Å². The third-order valence-corrected chi connectivity index (χ3v) is 2.95. The molecule has 1 aliphatic carbocycles. The standard InChI is InChI=1S/C11H10F2O2/c12-8-3-1-7(2-4-8)11(10(14)15)5-9(13)6-11/h1-4,9H,5-6H2,(H,14,15). The number of rotatable bonds is 2. The van der Waals surface area contributed by atoms with Gasteiger partial charge in [0.25, 0.3) is 0 Å². The average molecular weight is 212 g/mol. The van der Waals surface area contributed by atoms with Crippen molar-refractivity contribution < 1.29 is 18.7 Å². The van der Waals surface area contributed by atoms with Crippen molar-refractivity contribution >= 4 is 5.97 Å². The summed E-state index contributed by atoms with van der Waals surface area (Å²) in [5, 5.41) is 9.06. The van der Waals surface area contributed by atoms with Gasteiger partial charge in [0.2, 0.25) is 0 Å². The number of aliphatic carboxylic acids is 1. The molecular weight excluding hydrogens is 202 g/mol. The van der Waals surface area contributed by atoms with E-state index in [0.29, 0.717) is 5.56 Å². The van der Waals surface area contributed by atoms with E-state index in [1.807, 2.05) is 0 Å². The lowest BCUT2D eigenvalue weighted by atomic mass is 9.63.